The Morgan fingerprint density at radius 1 is 1.14 bits per heavy atom. The molecule has 7 nitrogen and oxygen atoms in total. The van der Waals surface area contributed by atoms with Gasteiger partial charge in [-0.05, 0) is 80.2 Å². The van der Waals surface area contributed by atoms with Gasteiger partial charge < -0.3 is 15.0 Å². The van der Waals surface area contributed by atoms with Crippen molar-refractivity contribution in [1.29, 1.82) is 0 Å². The molecule has 6 rings (SSSR count). The third-order valence-electron chi connectivity index (χ3n) is 8.19. The first-order valence-corrected chi connectivity index (χ1v) is 13.3. The van der Waals surface area contributed by atoms with E-state index >= 15 is 0 Å². The summed E-state index contributed by atoms with van der Waals surface area (Å²) in [5.41, 5.74) is 2.79. The number of carbonyl (C=O) groups excluding carboxylic acids is 2. The van der Waals surface area contributed by atoms with Gasteiger partial charge in [-0.25, -0.2) is 9.18 Å². The van der Waals surface area contributed by atoms with Gasteiger partial charge in [0, 0.05) is 29.6 Å². The zero-order valence-corrected chi connectivity index (χ0v) is 21.5. The number of piperidine rings is 1. The van der Waals surface area contributed by atoms with E-state index in [1.807, 2.05) is 6.07 Å². The molecule has 9 heteroatoms. The van der Waals surface area contributed by atoms with Gasteiger partial charge in [-0.15, -0.1) is 0 Å². The first-order valence-electron chi connectivity index (χ1n) is 13.0. The van der Waals surface area contributed by atoms with Crippen LogP contribution in [0, 0.1) is 11.7 Å². The monoisotopic (exact) mass is 524 g/mol. The Labute approximate surface area is 219 Å². The number of phenols is 1. The van der Waals surface area contributed by atoms with Crippen molar-refractivity contribution in [1.82, 2.24) is 19.7 Å². The van der Waals surface area contributed by atoms with E-state index in [-0.39, 0.29) is 22.7 Å². The molecule has 2 saturated heterocycles. The lowest BCUT2D eigenvalue weighted by molar-refractivity contribution is -0.128. The molecule has 3 aliphatic heterocycles. The summed E-state index contributed by atoms with van der Waals surface area (Å²) in [6.45, 7) is 5.62. The van der Waals surface area contributed by atoms with Crippen LogP contribution in [0.1, 0.15) is 49.0 Å². The molecule has 2 aromatic carbocycles. The minimum atomic E-state index is -0.675. The average molecular weight is 525 g/mol. The molecule has 4 heterocycles. The summed E-state index contributed by atoms with van der Waals surface area (Å²) in [7, 11) is 0. The molecule has 2 atom stereocenters. The molecule has 3 aromatic rings. The zero-order valence-electron chi connectivity index (χ0n) is 20.7. The fourth-order valence-corrected chi connectivity index (χ4v) is 6.32. The average Bonchev–Trinajstić information content (AvgIpc) is 3.33. The molecule has 0 saturated carbocycles. The normalized spacial score (nSPS) is 22.7. The summed E-state index contributed by atoms with van der Waals surface area (Å²) in [6.07, 6.45) is 3.41. The molecule has 3 amide bonds. The maximum atomic E-state index is 14.3. The van der Waals surface area contributed by atoms with Crippen LogP contribution in [0.3, 0.4) is 0 Å². The maximum absolute atomic E-state index is 14.3. The molecule has 2 fully saturated rings. The molecule has 0 bridgehead atoms. The van der Waals surface area contributed by atoms with Crippen LogP contribution in [0.2, 0.25) is 5.02 Å². The smallest absolute Gasteiger partial charge is 0.328 e. The molecule has 0 radical (unpaired) electrons. The lowest BCUT2D eigenvalue weighted by Crippen LogP contribution is -2.44. The summed E-state index contributed by atoms with van der Waals surface area (Å²) < 4.78 is 14.3. The number of imide groups is 1. The summed E-state index contributed by atoms with van der Waals surface area (Å²) in [4.78, 5) is 36.1. The molecule has 2 N–H and O–H groups in total. The quantitative estimate of drug-likeness (QED) is 0.457. The van der Waals surface area contributed by atoms with Crippen LogP contribution in [0.5, 0.6) is 5.75 Å². The summed E-state index contributed by atoms with van der Waals surface area (Å²) in [5.74, 6) is 0.0687. The Morgan fingerprint density at radius 3 is 2.68 bits per heavy atom. The van der Waals surface area contributed by atoms with Crippen LogP contribution in [-0.4, -0.2) is 68.9 Å². The maximum Gasteiger partial charge on any atom is 0.328 e. The van der Waals surface area contributed by atoms with Crippen molar-refractivity contribution in [3.8, 4) is 5.75 Å². The highest BCUT2D eigenvalue weighted by molar-refractivity contribution is 6.31. The van der Waals surface area contributed by atoms with E-state index in [0.717, 1.165) is 42.9 Å². The van der Waals surface area contributed by atoms with Crippen LogP contribution in [0.25, 0.3) is 10.9 Å². The predicted molar refractivity (Wildman–Crippen MR) is 139 cm³/mol. The van der Waals surface area contributed by atoms with E-state index in [2.05, 4.69) is 16.8 Å². The molecular weight excluding hydrogens is 495 g/mol. The number of hydrogen-bond donors (Lipinski definition) is 2. The number of likely N-dealkylation sites (tertiary alicyclic amines) is 1. The number of phenolic OH excluding ortho intramolecular Hbond substituents is 1. The number of fused-ring (bicyclic) bond motifs is 4. The van der Waals surface area contributed by atoms with Crippen molar-refractivity contribution in [2.75, 3.05) is 26.2 Å². The minimum absolute atomic E-state index is 0.00759. The number of nitrogens with one attached hydrogen (secondary N) is 1. The van der Waals surface area contributed by atoms with Crippen LogP contribution >= 0.6 is 11.6 Å². The second-order valence-electron chi connectivity index (χ2n) is 10.6. The van der Waals surface area contributed by atoms with Gasteiger partial charge in [0.2, 0.25) is 0 Å². The third-order valence-corrected chi connectivity index (χ3v) is 8.48. The molecular formula is C28H30ClFN4O3. The SMILES string of the molecule is CC1CCN(CCCN2C(=O)[C@@H]3Cc4c([nH]c5cc(F)c(Cl)cc45)C(c4cccc(O)c4)N3C2=O)CC1. The van der Waals surface area contributed by atoms with Crippen molar-refractivity contribution < 1.29 is 19.1 Å². The van der Waals surface area contributed by atoms with Gasteiger partial charge in [0.25, 0.3) is 5.91 Å². The van der Waals surface area contributed by atoms with E-state index in [1.165, 1.54) is 23.8 Å². The summed E-state index contributed by atoms with van der Waals surface area (Å²) in [6, 6.07) is 8.01. The van der Waals surface area contributed by atoms with Crippen molar-refractivity contribution >= 4 is 34.4 Å². The number of aromatic amines is 1. The number of H-pyrrole nitrogens is 1. The van der Waals surface area contributed by atoms with Crippen molar-refractivity contribution in [3.63, 3.8) is 0 Å². The number of rotatable bonds is 5. The Bertz CT molecular complexity index is 1380. The first-order chi connectivity index (χ1) is 17.8. The van der Waals surface area contributed by atoms with Gasteiger partial charge >= 0.3 is 6.03 Å². The number of aromatic nitrogens is 1. The van der Waals surface area contributed by atoms with E-state index < -0.39 is 17.9 Å². The lowest BCUT2D eigenvalue weighted by atomic mass is 9.89. The van der Waals surface area contributed by atoms with Crippen LogP contribution in [-0.2, 0) is 11.2 Å². The van der Waals surface area contributed by atoms with E-state index in [1.54, 1.807) is 29.2 Å². The minimum Gasteiger partial charge on any atom is -0.508 e. The molecule has 1 aromatic heterocycles. The largest absolute Gasteiger partial charge is 0.508 e. The van der Waals surface area contributed by atoms with Gasteiger partial charge in [0.05, 0.1) is 5.02 Å². The highest BCUT2D eigenvalue weighted by atomic mass is 35.5. The number of nitrogens with zero attached hydrogens (tertiary/aromatic N) is 3. The molecule has 3 aliphatic rings. The Kier molecular flexibility index (Phi) is 6.12. The number of benzene rings is 2. The highest BCUT2D eigenvalue weighted by Gasteiger charge is 2.52. The summed E-state index contributed by atoms with van der Waals surface area (Å²) >= 11 is 6.11. The Hall–Kier alpha value is -3.10. The second kappa shape index (κ2) is 9.33. The summed E-state index contributed by atoms with van der Waals surface area (Å²) in [5, 5.41) is 11.0. The van der Waals surface area contributed by atoms with Crippen molar-refractivity contribution in [2.24, 2.45) is 5.92 Å². The predicted octanol–water partition coefficient (Wildman–Crippen LogP) is 5.07. The van der Waals surface area contributed by atoms with Gasteiger partial charge in [-0.1, -0.05) is 30.7 Å². The number of hydrogen-bond acceptors (Lipinski definition) is 4. The van der Waals surface area contributed by atoms with Gasteiger partial charge in [0.1, 0.15) is 23.7 Å². The molecule has 0 aliphatic carbocycles. The second-order valence-corrected chi connectivity index (χ2v) is 11.0. The molecule has 0 spiro atoms. The molecule has 37 heavy (non-hydrogen) atoms. The van der Waals surface area contributed by atoms with E-state index in [4.69, 9.17) is 11.6 Å². The first kappa shape index (κ1) is 24.2. The third kappa shape index (κ3) is 4.16. The van der Waals surface area contributed by atoms with Gasteiger partial charge in [-0.3, -0.25) is 14.6 Å². The topological polar surface area (TPSA) is 79.9 Å². The van der Waals surface area contributed by atoms with Crippen molar-refractivity contribution in [3.05, 3.63) is 64.1 Å². The van der Waals surface area contributed by atoms with Crippen LogP contribution in [0.4, 0.5) is 9.18 Å². The standard InChI is InChI=1S/C28H30ClFN4O3/c1-16-6-10-32(11-7-16)8-3-9-33-27(36)24-14-20-19-13-21(29)22(30)15-23(19)31-25(20)26(34(24)28(33)37)17-4-2-5-18(35)12-17/h2,4-5,12-13,15-16,24,26,31,35H,3,6-11,14H2,1H3/t24-,26?/m0/s1. The number of halogens is 2. The number of urea groups is 1. The van der Waals surface area contributed by atoms with E-state index in [9.17, 15) is 19.1 Å². The highest BCUT2D eigenvalue weighted by Crippen LogP contribution is 2.45. The van der Waals surface area contributed by atoms with Gasteiger partial charge in [0.15, 0.2) is 0 Å². The Morgan fingerprint density at radius 2 is 1.92 bits per heavy atom. The number of amides is 3. The van der Waals surface area contributed by atoms with Crippen LogP contribution < -0.4 is 0 Å². The Balaban J connectivity index is 1.33. The van der Waals surface area contributed by atoms with Crippen molar-refractivity contribution in [2.45, 2.75) is 44.7 Å². The fourth-order valence-electron chi connectivity index (χ4n) is 6.16. The van der Waals surface area contributed by atoms with Crippen LogP contribution in [0.15, 0.2) is 36.4 Å². The number of aromatic hydroxyl groups is 1. The molecule has 1 unspecified atom stereocenters. The lowest BCUT2D eigenvalue weighted by Gasteiger charge is -2.36. The van der Waals surface area contributed by atoms with Gasteiger partial charge in [-0.2, -0.15) is 0 Å². The number of carbonyl (C=O) groups is 2. The zero-order chi connectivity index (χ0) is 25.8. The fraction of sp³-hybridized carbons (Fsp3) is 0.429. The van der Waals surface area contributed by atoms with E-state index in [0.29, 0.717) is 29.7 Å². The molecule has 194 valence electrons.